The fourth-order valence-corrected chi connectivity index (χ4v) is 1.94. The van der Waals surface area contributed by atoms with Gasteiger partial charge in [-0.15, -0.1) is 0 Å². The van der Waals surface area contributed by atoms with Gasteiger partial charge in [0.25, 0.3) is 5.56 Å². The number of anilines is 1. The Bertz CT molecular complexity index is 711. The Hall–Kier alpha value is -2.38. The van der Waals surface area contributed by atoms with Gasteiger partial charge in [-0.25, -0.2) is 4.68 Å². The molecule has 3 N–H and O–H groups in total. The highest BCUT2D eigenvalue weighted by atomic mass is 16.4. The van der Waals surface area contributed by atoms with Gasteiger partial charge >= 0.3 is 5.97 Å². The molecule has 0 saturated heterocycles. The van der Waals surface area contributed by atoms with Crippen LogP contribution in [0.5, 0.6) is 0 Å². The number of carboxylic acids is 1. The number of H-pyrrole nitrogens is 1. The summed E-state index contributed by atoms with van der Waals surface area (Å²) in [6.45, 7) is 6.34. The van der Waals surface area contributed by atoms with E-state index in [1.165, 1.54) is 6.20 Å². The molecule has 0 amide bonds. The van der Waals surface area contributed by atoms with Crippen molar-refractivity contribution in [1.82, 2.24) is 19.7 Å². The summed E-state index contributed by atoms with van der Waals surface area (Å²) in [5.41, 5.74) is -0.0495. The van der Waals surface area contributed by atoms with E-state index in [0.29, 0.717) is 29.9 Å². The highest BCUT2D eigenvalue weighted by Crippen LogP contribution is 2.18. The molecule has 0 fully saturated rings. The molecule has 2 rings (SSSR count). The molecule has 0 aliphatic carbocycles. The third-order valence-corrected chi connectivity index (χ3v) is 2.93. The van der Waals surface area contributed by atoms with Crippen LogP contribution in [0.4, 0.5) is 5.95 Å². The quantitative estimate of drug-likeness (QED) is 0.713. The number of nitrogens with zero attached hydrogens (tertiary/aromatic N) is 3. The smallest absolute Gasteiger partial charge is 0.303 e. The number of rotatable bonds is 5. The molecule has 21 heavy (non-hydrogen) atoms. The zero-order valence-electron chi connectivity index (χ0n) is 12.3. The molecule has 0 radical (unpaired) electrons. The van der Waals surface area contributed by atoms with E-state index in [4.69, 9.17) is 5.11 Å². The second kappa shape index (κ2) is 5.55. The minimum absolute atomic E-state index is 0.0688. The third kappa shape index (κ3) is 3.39. The fourth-order valence-electron chi connectivity index (χ4n) is 1.94. The number of fused-ring (bicyclic) bond motifs is 1. The average Bonchev–Trinajstić information content (AvgIpc) is 2.78. The van der Waals surface area contributed by atoms with Crippen molar-refractivity contribution in [3.63, 3.8) is 0 Å². The van der Waals surface area contributed by atoms with Crippen LogP contribution in [0.2, 0.25) is 0 Å². The molecule has 0 atom stereocenters. The summed E-state index contributed by atoms with van der Waals surface area (Å²) in [4.78, 5) is 29.4. The van der Waals surface area contributed by atoms with Crippen LogP contribution in [-0.4, -0.2) is 37.4 Å². The molecule has 0 saturated carbocycles. The van der Waals surface area contributed by atoms with Crippen molar-refractivity contribution in [1.29, 1.82) is 0 Å². The highest BCUT2D eigenvalue weighted by Gasteiger charge is 2.19. The lowest BCUT2D eigenvalue weighted by atomic mass is 10.1. The SMILES string of the molecule is CC(C)(C)n1ncc2c(=O)[nH]c(NCCCC(=O)O)nc21. The Balaban J connectivity index is 2.26. The maximum Gasteiger partial charge on any atom is 0.303 e. The first-order valence-electron chi connectivity index (χ1n) is 6.73. The van der Waals surface area contributed by atoms with Crippen LogP contribution < -0.4 is 10.9 Å². The minimum Gasteiger partial charge on any atom is -0.481 e. The third-order valence-electron chi connectivity index (χ3n) is 2.93. The van der Waals surface area contributed by atoms with Crippen molar-refractivity contribution < 1.29 is 9.90 Å². The first-order valence-corrected chi connectivity index (χ1v) is 6.73. The Morgan fingerprint density at radius 1 is 1.48 bits per heavy atom. The fraction of sp³-hybridized carbons (Fsp3) is 0.538. The van der Waals surface area contributed by atoms with Gasteiger partial charge < -0.3 is 10.4 Å². The number of aromatic amines is 1. The number of hydrogen-bond acceptors (Lipinski definition) is 5. The molecule has 2 heterocycles. The largest absolute Gasteiger partial charge is 0.481 e. The Labute approximate surface area is 121 Å². The lowest BCUT2D eigenvalue weighted by Crippen LogP contribution is -2.24. The molecule has 2 aromatic rings. The van der Waals surface area contributed by atoms with Gasteiger partial charge in [-0.05, 0) is 27.2 Å². The summed E-state index contributed by atoms with van der Waals surface area (Å²) in [5.74, 6) is -0.525. The van der Waals surface area contributed by atoms with Crippen molar-refractivity contribution in [2.24, 2.45) is 0 Å². The molecule has 114 valence electrons. The van der Waals surface area contributed by atoms with Gasteiger partial charge in [0.1, 0.15) is 5.39 Å². The lowest BCUT2D eigenvalue weighted by molar-refractivity contribution is -0.137. The summed E-state index contributed by atoms with van der Waals surface area (Å²) in [6.07, 6.45) is 2.02. The van der Waals surface area contributed by atoms with E-state index in [1.54, 1.807) is 4.68 Å². The second-order valence-corrected chi connectivity index (χ2v) is 5.80. The van der Waals surface area contributed by atoms with Gasteiger partial charge in [0.15, 0.2) is 5.65 Å². The number of carbonyl (C=O) groups is 1. The predicted molar refractivity (Wildman–Crippen MR) is 78.5 cm³/mol. The van der Waals surface area contributed by atoms with Gasteiger partial charge in [0.05, 0.1) is 11.7 Å². The van der Waals surface area contributed by atoms with Crippen LogP contribution in [0.15, 0.2) is 11.0 Å². The van der Waals surface area contributed by atoms with Crippen LogP contribution in [0.3, 0.4) is 0 Å². The summed E-state index contributed by atoms with van der Waals surface area (Å²) in [7, 11) is 0. The Kier molecular flexibility index (Phi) is 3.97. The molecule has 0 bridgehead atoms. The highest BCUT2D eigenvalue weighted by molar-refractivity contribution is 5.74. The van der Waals surface area contributed by atoms with E-state index in [1.807, 2.05) is 20.8 Å². The maximum absolute atomic E-state index is 12.0. The Morgan fingerprint density at radius 2 is 2.19 bits per heavy atom. The van der Waals surface area contributed by atoms with E-state index >= 15 is 0 Å². The van der Waals surface area contributed by atoms with Crippen molar-refractivity contribution >= 4 is 23.0 Å². The summed E-state index contributed by atoms with van der Waals surface area (Å²) < 4.78 is 1.69. The van der Waals surface area contributed by atoms with Crippen LogP contribution >= 0.6 is 0 Å². The molecule has 0 aromatic carbocycles. The predicted octanol–water partition coefficient (Wildman–Crippen LogP) is 1.15. The number of hydrogen-bond donors (Lipinski definition) is 3. The van der Waals surface area contributed by atoms with Gasteiger partial charge in [-0.3, -0.25) is 14.6 Å². The summed E-state index contributed by atoms with van der Waals surface area (Å²) in [5, 5.41) is 16.2. The zero-order valence-corrected chi connectivity index (χ0v) is 12.3. The summed E-state index contributed by atoms with van der Waals surface area (Å²) in [6, 6.07) is 0. The molecule has 0 aliphatic heterocycles. The first-order chi connectivity index (χ1) is 9.79. The van der Waals surface area contributed by atoms with Crippen molar-refractivity contribution in [3.05, 3.63) is 16.6 Å². The van der Waals surface area contributed by atoms with Gasteiger partial charge in [0.2, 0.25) is 5.95 Å². The molecule has 0 spiro atoms. The molecule has 8 heteroatoms. The van der Waals surface area contributed by atoms with Crippen LogP contribution in [0, 0.1) is 0 Å². The van der Waals surface area contributed by atoms with Crippen molar-refractivity contribution in [2.45, 2.75) is 39.2 Å². The van der Waals surface area contributed by atoms with Gasteiger partial charge in [-0.1, -0.05) is 0 Å². The minimum atomic E-state index is -0.848. The second-order valence-electron chi connectivity index (χ2n) is 5.80. The van der Waals surface area contributed by atoms with E-state index in [0.717, 1.165) is 0 Å². The topological polar surface area (TPSA) is 113 Å². The van der Waals surface area contributed by atoms with Crippen LogP contribution in [0.25, 0.3) is 11.0 Å². The van der Waals surface area contributed by atoms with E-state index < -0.39 is 5.97 Å². The number of carboxylic acid groups (broad SMARTS) is 1. The van der Waals surface area contributed by atoms with Crippen molar-refractivity contribution in [3.8, 4) is 0 Å². The van der Waals surface area contributed by atoms with Crippen LogP contribution in [-0.2, 0) is 10.3 Å². The van der Waals surface area contributed by atoms with E-state index in [2.05, 4.69) is 20.4 Å². The standard InChI is InChI=1S/C13H19N5O3/c1-13(2,3)18-10-8(7-15-18)11(21)17-12(16-10)14-6-4-5-9(19)20/h7H,4-6H2,1-3H3,(H,19,20)(H2,14,16,17,21). The van der Waals surface area contributed by atoms with Gasteiger partial charge in [0, 0.05) is 13.0 Å². The molecule has 8 nitrogen and oxygen atoms in total. The molecule has 0 unspecified atom stereocenters. The summed E-state index contributed by atoms with van der Waals surface area (Å²) >= 11 is 0. The molecular formula is C13H19N5O3. The van der Waals surface area contributed by atoms with E-state index in [-0.39, 0.29) is 17.5 Å². The Morgan fingerprint density at radius 3 is 2.81 bits per heavy atom. The lowest BCUT2D eigenvalue weighted by Gasteiger charge is -2.19. The van der Waals surface area contributed by atoms with Gasteiger partial charge in [-0.2, -0.15) is 10.1 Å². The average molecular weight is 293 g/mol. The molecule has 2 aromatic heterocycles. The number of nitrogens with one attached hydrogen (secondary N) is 2. The molecular weight excluding hydrogens is 274 g/mol. The molecule has 0 aliphatic rings. The number of aliphatic carboxylic acids is 1. The van der Waals surface area contributed by atoms with Crippen molar-refractivity contribution in [2.75, 3.05) is 11.9 Å². The normalized spacial score (nSPS) is 11.8. The maximum atomic E-state index is 12.0. The first kappa shape index (κ1) is 15.0. The zero-order chi connectivity index (χ0) is 15.6. The van der Waals surface area contributed by atoms with Crippen LogP contribution in [0.1, 0.15) is 33.6 Å². The van der Waals surface area contributed by atoms with E-state index in [9.17, 15) is 9.59 Å². The monoisotopic (exact) mass is 293 g/mol. The number of aromatic nitrogens is 4.